The summed E-state index contributed by atoms with van der Waals surface area (Å²) in [5, 5.41) is 0. The van der Waals surface area contributed by atoms with Crippen LogP contribution in [0.25, 0.3) is 0 Å². The first-order valence-electron chi connectivity index (χ1n) is 4.28. The monoisotopic (exact) mass is 203 g/mol. The molecule has 1 aromatic carbocycles. The van der Waals surface area contributed by atoms with E-state index in [9.17, 15) is 13.2 Å². The van der Waals surface area contributed by atoms with Gasteiger partial charge in [0.15, 0.2) is 0 Å². The van der Waals surface area contributed by atoms with Crippen LogP contribution >= 0.6 is 0 Å². The van der Waals surface area contributed by atoms with Crippen LogP contribution in [0.15, 0.2) is 24.3 Å². The molecule has 0 saturated carbocycles. The quantitative estimate of drug-likeness (QED) is 0.784. The predicted molar refractivity (Wildman–Crippen MR) is 48.9 cm³/mol. The van der Waals surface area contributed by atoms with E-state index in [2.05, 4.69) is 0 Å². The molecule has 0 aromatic heterocycles. The van der Waals surface area contributed by atoms with Crippen molar-refractivity contribution in [2.75, 3.05) is 0 Å². The van der Waals surface area contributed by atoms with Crippen molar-refractivity contribution in [3.8, 4) is 0 Å². The third-order valence-corrected chi connectivity index (χ3v) is 2.12. The Morgan fingerprint density at radius 3 is 2.36 bits per heavy atom. The lowest BCUT2D eigenvalue weighted by molar-refractivity contribution is -0.147. The zero-order valence-corrected chi connectivity index (χ0v) is 7.81. The van der Waals surface area contributed by atoms with E-state index in [0.29, 0.717) is 5.56 Å². The third-order valence-electron chi connectivity index (χ3n) is 2.12. The maximum Gasteiger partial charge on any atom is 0.403 e. The van der Waals surface area contributed by atoms with Gasteiger partial charge in [0.25, 0.3) is 0 Å². The molecule has 0 aliphatic heterocycles. The molecular weight excluding hydrogens is 191 g/mol. The maximum atomic E-state index is 12.1. The van der Waals surface area contributed by atoms with Crippen LogP contribution in [0.2, 0.25) is 0 Å². The van der Waals surface area contributed by atoms with Crippen LogP contribution in [0.3, 0.4) is 0 Å². The Hall–Kier alpha value is -1.03. The van der Waals surface area contributed by atoms with E-state index in [1.54, 1.807) is 31.2 Å². The second kappa shape index (κ2) is 4.00. The number of benzene rings is 1. The molecule has 0 saturated heterocycles. The van der Waals surface area contributed by atoms with E-state index in [1.807, 2.05) is 0 Å². The molecule has 0 unspecified atom stereocenters. The molecule has 0 aliphatic rings. The summed E-state index contributed by atoms with van der Waals surface area (Å²) in [7, 11) is 0. The number of hydrogen-bond donors (Lipinski definition) is 1. The second-order valence-corrected chi connectivity index (χ2v) is 3.28. The van der Waals surface area contributed by atoms with Crippen molar-refractivity contribution in [1.82, 2.24) is 0 Å². The third kappa shape index (κ3) is 2.73. The first-order chi connectivity index (χ1) is 6.41. The van der Waals surface area contributed by atoms with Crippen molar-refractivity contribution in [1.29, 1.82) is 0 Å². The lowest BCUT2D eigenvalue weighted by Gasteiger charge is -2.16. The Morgan fingerprint density at radius 1 is 1.29 bits per heavy atom. The second-order valence-electron chi connectivity index (χ2n) is 3.28. The number of hydrogen-bond acceptors (Lipinski definition) is 1. The van der Waals surface area contributed by atoms with Crippen LogP contribution in [-0.4, -0.2) is 12.2 Å². The first kappa shape index (κ1) is 11.0. The molecule has 0 spiro atoms. The van der Waals surface area contributed by atoms with Gasteiger partial charge in [-0.3, -0.25) is 0 Å². The van der Waals surface area contributed by atoms with Crippen LogP contribution in [0.1, 0.15) is 11.1 Å². The fourth-order valence-corrected chi connectivity index (χ4v) is 1.19. The van der Waals surface area contributed by atoms with Gasteiger partial charge in [-0.2, -0.15) is 13.2 Å². The summed E-state index contributed by atoms with van der Waals surface area (Å²) in [5.74, 6) is 0. The molecule has 0 radical (unpaired) electrons. The van der Waals surface area contributed by atoms with Gasteiger partial charge in [-0.05, 0) is 24.5 Å². The van der Waals surface area contributed by atoms with E-state index in [1.165, 1.54) is 0 Å². The van der Waals surface area contributed by atoms with Gasteiger partial charge in [-0.1, -0.05) is 24.3 Å². The summed E-state index contributed by atoms with van der Waals surface area (Å²) >= 11 is 0. The SMILES string of the molecule is Cc1ccccc1C[C@@H](N)C(F)(F)F. The number of rotatable bonds is 2. The molecule has 2 N–H and O–H groups in total. The highest BCUT2D eigenvalue weighted by molar-refractivity contribution is 5.26. The van der Waals surface area contributed by atoms with E-state index in [0.717, 1.165) is 5.56 Å². The predicted octanol–water partition coefficient (Wildman–Crippen LogP) is 2.43. The highest BCUT2D eigenvalue weighted by Gasteiger charge is 2.36. The summed E-state index contributed by atoms with van der Waals surface area (Å²) in [6.45, 7) is 1.78. The van der Waals surface area contributed by atoms with E-state index >= 15 is 0 Å². The largest absolute Gasteiger partial charge is 0.403 e. The average molecular weight is 203 g/mol. The zero-order valence-electron chi connectivity index (χ0n) is 7.81. The molecule has 14 heavy (non-hydrogen) atoms. The fourth-order valence-electron chi connectivity index (χ4n) is 1.19. The Bertz CT molecular complexity index is 306. The van der Waals surface area contributed by atoms with Gasteiger partial charge < -0.3 is 5.73 Å². The highest BCUT2D eigenvalue weighted by atomic mass is 19.4. The van der Waals surface area contributed by atoms with E-state index in [-0.39, 0.29) is 6.42 Å². The normalized spacial score (nSPS) is 14.1. The minimum atomic E-state index is -4.32. The summed E-state index contributed by atoms with van der Waals surface area (Å²) < 4.78 is 36.4. The van der Waals surface area contributed by atoms with Crippen molar-refractivity contribution in [2.45, 2.75) is 25.6 Å². The lowest BCUT2D eigenvalue weighted by atomic mass is 10.0. The Morgan fingerprint density at radius 2 is 1.86 bits per heavy atom. The van der Waals surface area contributed by atoms with Crippen molar-refractivity contribution in [2.24, 2.45) is 5.73 Å². The molecule has 1 nitrogen and oxygen atoms in total. The van der Waals surface area contributed by atoms with E-state index in [4.69, 9.17) is 5.73 Å². The Kier molecular flexibility index (Phi) is 3.16. The van der Waals surface area contributed by atoms with Crippen molar-refractivity contribution < 1.29 is 13.2 Å². The summed E-state index contributed by atoms with van der Waals surface area (Å²) in [6, 6.07) is 5.17. The molecule has 0 heterocycles. The summed E-state index contributed by atoms with van der Waals surface area (Å²) in [5.41, 5.74) is 6.52. The van der Waals surface area contributed by atoms with Crippen molar-refractivity contribution >= 4 is 0 Å². The van der Waals surface area contributed by atoms with Crippen LogP contribution in [0, 0.1) is 6.92 Å². The average Bonchev–Trinajstić information content (AvgIpc) is 2.07. The smallest absolute Gasteiger partial charge is 0.320 e. The Labute approximate surface area is 80.7 Å². The minimum Gasteiger partial charge on any atom is -0.320 e. The van der Waals surface area contributed by atoms with Gasteiger partial charge in [0.2, 0.25) is 0 Å². The maximum absolute atomic E-state index is 12.1. The van der Waals surface area contributed by atoms with Crippen molar-refractivity contribution in [3.63, 3.8) is 0 Å². The number of aryl methyl sites for hydroxylation is 1. The first-order valence-corrected chi connectivity index (χ1v) is 4.28. The standard InChI is InChI=1S/C10H12F3N/c1-7-4-2-3-5-8(7)6-9(14)10(11,12)13/h2-5,9H,6,14H2,1H3/t9-/m1/s1. The molecule has 0 bridgehead atoms. The summed E-state index contributed by atoms with van der Waals surface area (Å²) in [4.78, 5) is 0. The van der Waals surface area contributed by atoms with Gasteiger partial charge in [0.1, 0.15) is 6.04 Å². The number of nitrogens with two attached hydrogens (primary N) is 1. The molecule has 0 amide bonds. The van der Waals surface area contributed by atoms with Crippen LogP contribution in [-0.2, 0) is 6.42 Å². The number of halogens is 3. The Balaban J connectivity index is 2.75. The summed E-state index contributed by atoms with van der Waals surface area (Å²) in [6.07, 6.45) is -4.47. The molecule has 4 heteroatoms. The fraction of sp³-hybridized carbons (Fsp3) is 0.400. The van der Waals surface area contributed by atoms with Gasteiger partial charge in [-0.25, -0.2) is 0 Å². The molecule has 0 aliphatic carbocycles. The van der Waals surface area contributed by atoms with Gasteiger partial charge >= 0.3 is 6.18 Å². The molecule has 0 fully saturated rings. The minimum absolute atomic E-state index is 0.157. The molecule has 1 rings (SSSR count). The topological polar surface area (TPSA) is 26.0 Å². The molecular formula is C10H12F3N. The zero-order chi connectivity index (χ0) is 10.8. The molecule has 1 aromatic rings. The number of alkyl halides is 3. The van der Waals surface area contributed by atoms with Crippen LogP contribution in [0.5, 0.6) is 0 Å². The molecule has 1 atom stereocenters. The lowest BCUT2D eigenvalue weighted by Crippen LogP contribution is -2.39. The van der Waals surface area contributed by atoms with E-state index < -0.39 is 12.2 Å². The van der Waals surface area contributed by atoms with Crippen molar-refractivity contribution in [3.05, 3.63) is 35.4 Å². The van der Waals surface area contributed by atoms with Gasteiger partial charge in [0.05, 0.1) is 0 Å². The highest BCUT2D eigenvalue weighted by Crippen LogP contribution is 2.22. The van der Waals surface area contributed by atoms with Crippen LogP contribution < -0.4 is 5.73 Å². The van der Waals surface area contributed by atoms with Gasteiger partial charge in [-0.15, -0.1) is 0 Å². The van der Waals surface area contributed by atoms with Crippen LogP contribution in [0.4, 0.5) is 13.2 Å². The molecule has 78 valence electrons. The van der Waals surface area contributed by atoms with Gasteiger partial charge in [0, 0.05) is 0 Å².